The predicted molar refractivity (Wildman–Crippen MR) is 101 cm³/mol. The first kappa shape index (κ1) is 19.0. The van der Waals surface area contributed by atoms with Crippen molar-refractivity contribution in [3.8, 4) is 5.75 Å². The lowest BCUT2D eigenvalue weighted by atomic mass is 9.96. The first-order valence-corrected chi connectivity index (χ1v) is 9.29. The van der Waals surface area contributed by atoms with Crippen LogP contribution in [0.15, 0.2) is 40.8 Å². The van der Waals surface area contributed by atoms with Gasteiger partial charge in [-0.15, -0.1) is 0 Å². The van der Waals surface area contributed by atoms with Gasteiger partial charge in [0.05, 0.1) is 13.0 Å². The molecule has 3 rings (SSSR count). The van der Waals surface area contributed by atoms with Gasteiger partial charge in [-0.3, -0.25) is 9.59 Å². The number of piperidine rings is 1. The molecule has 1 aromatic carbocycles. The average Bonchev–Trinajstić information content (AvgIpc) is 3.09. The highest BCUT2D eigenvalue weighted by molar-refractivity contribution is 5.83. The molecule has 1 fully saturated rings. The summed E-state index contributed by atoms with van der Waals surface area (Å²) < 4.78 is 10.9. The van der Waals surface area contributed by atoms with Crippen molar-refractivity contribution in [3.05, 3.63) is 53.5 Å². The third-order valence-electron chi connectivity index (χ3n) is 4.89. The van der Waals surface area contributed by atoms with Crippen LogP contribution in [0.4, 0.5) is 0 Å². The van der Waals surface area contributed by atoms with Crippen molar-refractivity contribution in [2.75, 3.05) is 20.2 Å². The van der Waals surface area contributed by atoms with Gasteiger partial charge in [0, 0.05) is 38.0 Å². The maximum Gasteiger partial charge on any atom is 0.224 e. The molecule has 0 radical (unpaired) electrons. The van der Waals surface area contributed by atoms with Crippen LogP contribution in [-0.4, -0.2) is 36.9 Å². The second-order valence-electron chi connectivity index (χ2n) is 6.88. The van der Waals surface area contributed by atoms with Crippen molar-refractivity contribution in [2.45, 2.75) is 32.7 Å². The van der Waals surface area contributed by atoms with Gasteiger partial charge in [-0.25, -0.2) is 0 Å². The Morgan fingerprint density at radius 2 is 2.11 bits per heavy atom. The number of furan rings is 1. The van der Waals surface area contributed by atoms with Gasteiger partial charge in [0.2, 0.25) is 11.8 Å². The molecule has 1 aliphatic rings. The van der Waals surface area contributed by atoms with Gasteiger partial charge in [0.1, 0.15) is 17.3 Å². The third kappa shape index (κ3) is 4.90. The molecule has 0 unspecified atom stereocenters. The van der Waals surface area contributed by atoms with Gasteiger partial charge < -0.3 is 19.4 Å². The Morgan fingerprint density at radius 3 is 2.85 bits per heavy atom. The standard InChI is InChI=1S/C21H26N2O4/c1-15-7-9-18(27-15)11-12-22-21(25)17-8-10-20(24)23(14-17)13-16-5-3-4-6-19(16)26-2/h3-7,9,17H,8,10-14H2,1-2H3,(H,22,25)/t17-/m1/s1. The quantitative estimate of drug-likeness (QED) is 0.813. The molecule has 0 saturated carbocycles. The van der Waals surface area contributed by atoms with Crippen LogP contribution in [0.5, 0.6) is 5.75 Å². The van der Waals surface area contributed by atoms with Gasteiger partial charge in [0.25, 0.3) is 0 Å². The van der Waals surface area contributed by atoms with E-state index in [1.165, 1.54) is 0 Å². The van der Waals surface area contributed by atoms with Gasteiger partial charge >= 0.3 is 0 Å². The maximum absolute atomic E-state index is 12.5. The van der Waals surface area contributed by atoms with E-state index in [0.29, 0.717) is 38.9 Å². The highest BCUT2D eigenvalue weighted by atomic mass is 16.5. The molecule has 1 atom stereocenters. The number of likely N-dealkylation sites (tertiary alicyclic amines) is 1. The average molecular weight is 370 g/mol. The number of amides is 2. The molecule has 27 heavy (non-hydrogen) atoms. The summed E-state index contributed by atoms with van der Waals surface area (Å²) in [7, 11) is 1.62. The van der Waals surface area contributed by atoms with Crippen LogP contribution in [-0.2, 0) is 22.6 Å². The number of methoxy groups -OCH3 is 1. The lowest BCUT2D eigenvalue weighted by molar-refractivity contribution is -0.138. The van der Waals surface area contributed by atoms with Crippen LogP contribution >= 0.6 is 0 Å². The molecular formula is C21H26N2O4. The number of carbonyl (C=O) groups is 2. The Balaban J connectivity index is 1.54. The lowest BCUT2D eigenvalue weighted by Gasteiger charge is -2.32. The summed E-state index contributed by atoms with van der Waals surface area (Å²) in [6.45, 7) is 3.32. The van der Waals surface area contributed by atoms with E-state index in [0.717, 1.165) is 22.8 Å². The van der Waals surface area contributed by atoms with E-state index in [9.17, 15) is 9.59 Å². The molecule has 6 nitrogen and oxygen atoms in total. The van der Waals surface area contributed by atoms with Crippen molar-refractivity contribution < 1.29 is 18.7 Å². The van der Waals surface area contributed by atoms with E-state index >= 15 is 0 Å². The fourth-order valence-electron chi connectivity index (χ4n) is 3.39. The number of hydrogen-bond donors (Lipinski definition) is 1. The summed E-state index contributed by atoms with van der Waals surface area (Å²) in [5.74, 6) is 2.38. The highest BCUT2D eigenvalue weighted by Gasteiger charge is 2.30. The van der Waals surface area contributed by atoms with E-state index in [1.807, 2.05) is 43.3 Å². The van der Waals surface area contributed by atoms with Gasteiger partial charge in [0.15, 0.2) is 0 Å². The Kier molecular flexibility index (Phi) is 6.16. The Hall–Kier alpha value is -2.76. The number of rotatable bonds is 7. The second-order valence-corrected chi connectivity index (χ2v) is 6.88. The Labute approximate surface area is 159 Å². The minimum absolute atomic E-state index is 0.00388. The first-order valence-electron chi connectivity index (χ1n) is 9.29. The zero-order chi connectivity index (χ0) is 19.2. The van der Waals surface area contributed by atoms with Crippen molar-refractivity contribution in [1.29, 1.82) is 0 Å². The predicted octanol–water partition coefficient (Wildman–Crippen LogP) is 2.69. The molecule has 144 valence electrons. The van der Waals surface area contributed by atoms with E-state index < -0.39 is 0 Å². The van der Waals surface area contributed by atoms with Crippen LogP contribution in [0.2, 0.25) is 0 Å². The Bertz CT molecular complexity index is 799. The molecule has 1 aromatic heterocycles. The molecule has 0 spiro atoms. The summed E-state index contributed by atoms with van der Waals surface area (Å²) in [5, 5.41) is 2.97. The molecule has 2 aromatic rings. The third-order valence-corrected chi connectivity index (χ3v) is 4.89. The fraction of sp³-hybridized carbons (Fsp3) is 0.429. The van der Waals surface area contributed by atoms with E-state index in [1.54, 1.807) is 12.0 Å². The van der Waals surface area contributed by atoms with E-state index in [4.69, 9.17) is 9.15 Å². The smallest absolute Gasteiger partial charge is 0.224 e. The SMILES string of the molecule is COc1ccccc1CN1C[C@H](C(=O)NCCc2ccc(C)o2)CCC1=O. The topological polar surface area (TPSA) is 71.8 Å². The molecule has 2 heterocycles. The van der Waals surface area contributed by atoms with E-state index in [-0.39, 0.29) is 17.7 Å². The van der Waals surface area contributed by atoms with Crippen LogP contribution < -0.4 is 10.1 Å². The van der Waals surface area contributed by atoms with Crippen molar-refractivity contribution in [2.24, 2.45) is 5.92 Å². The number of nitrogens with one attached hydrogen (secondary N) is 1. The largest absolute Gasteiger partial charge is 0.496 e. The van der Waals surface area contributed by atoms with Gasteiger partial charge in [-0.1, -0.05) is 18.2 Å². The zero-order valence-electron chi connectivity index (χ0n) is 15.9. The number of carbonyl (C=O) groups excluding carboxylic acids is 2. The minimum Gasteiger partial charge on any atom is -0.496 e. The van der Waals surface area contributed by atoms with Crippen molar-refractivity contribution >= 4 is 11.8 Å². The summed E-state index contributed by atoms with van der Waals surface area (Å²) >= 11 is 0. The van der Waals surface area contributed by atoms with Crippen molar-refractivity contribution in [3.63, 3.8) is 0 Å². The molecule has 1 aliphatic heterocycles. The molecule has 6 heteroatoms. The number of benzene rings is 1. The van der Waals surface area contributed by atoms with Gasteiger partial charge in [-0.05, 0) is 31.5 Å². The summed E-state index contributed by atoms with van der Waals surface area (Å²) in [6.07, 6.45) is 1.65. The first-order chi connectivity index (χ1) is 13.1. The van der Waals surface area contributed by atoms with Crippen molar-refractivity contribution in [1.82, 2.24) is 10.2 Å². The Morgan fingerprint density at radius 1 is 1.30 bits per heavy atom. The monoisotopic (exact) mass is 370 g/mol. The number of ether oxygens (including phenoxy) is 1. The van der Waals surface area contributed by atoms with Crippen LogP contribution in [0.3, 0.4) is 0 Å². The maximum atomic E-state index is 12.5. The molecule has 0 aliphatic carbocycles. The van der Waals surface area contributed by atoms with Gasteiger partial charge in [-0.2, -0.15) is 0 Å². The van der Waals surface area contributed by atoms with E-state index in [2.05, 4.69) is 5.32 Å². The number of hydrogen-bond acceptors (Lipinski definition) is 4. The molecule has 0 bridgehead atoms. The normalized spacial score (nSPS) is 17.0. The summed E-state index contributed by atoms with van der Waals surface area (Å²) in [5.41, 5.74) is 0.947. The summed E-state index contributed by atoms with van der Waals surface area (Å²) in [6, 6.07) is 11.5. The number of para-hydroxylation sites is 1. The fourth-order valence-corrected chi connectivity index (χ4v) is 3.39. The zero-order valence-corrected chi connectivity index (χ0v) is 15.9. The number of nitrogens with zero attached hydrogens (tertiary/aromatic N) is 1. The van der Waals surface area contributed by atoms with Crippen LogP contribution in [0.1, 0.15) is 29.9 Å². The molecule has 1 N–H and O–H groups in total. The molecule has 2 amide bonds. The van der Waals surface area contributed by atoms with Crippen LogP contribution in [0, 0.1) is 12.8 Å². The summed E-state index contributed by atoms with van der Waals surface area (Å²) in [4.78, 5) is 26.6. The molecular weight excluding hydrogens is 344 g/mol. The lowest BCUT2D eigenvalue weighted by Crippen LogP contribution is -2.45. The molecule has 1 saturated heterocycles. The highest BCUT2D eigenvalue weighted by Crippen LogP contribution is 2.24. The van der Waals surface area contributed by atoms with Crippen LogP contribution in [0.25, 0.3) is 0 Å². The number of aryl methyl sites for hydroxylation is 1. The minimum atomic E-state index is -0.184. The second kappa shape index (κ2) is 8.75.